The maximum atomic E-state index is 12.6. The van der Waals surface area contributed by atoms with Crippen molar-refractivity contribution in [1.82, 2.24) is 4.31 Å². The smallest absolute Gasteiger partial charge is 0.259 e. The minimum atomic E-state index is -3.73. The Labute approximate surface area is 153 Å². The van der Waals surface area contributed by atoms with E-state index >= 15 is 0 Å². The monoisotopic (exact) mass is 378 g/mol. The van der Waals surface area contributed by atoms with Crippen LogP contribution in [0.5, 0.6) is 11.5 Å². The summed E-state index contributed by atoms with van der Waals surface area (Å²) in [6.07, 6.45) is 0. The molecule has 0 aromatic heterocycles. The summed E-state index contributed by atoms with van der Waals surface area (Å²) in [7, 11) is 2.00. The van der Waals surface area contributed by atoms with E-state index in [1.165, 1.54) is 40.4 Å². The van der Waals surface area contributed by atoms with Crippen molar-refractivity contribution in [3.63, 3.8) is 0 Å². The number of carbonyl (C=O) groups excluding carboxylic acids is 1. The van der Waals surface area contributed by atoms with Crippen molar-refractivity contribution < 1.29 is 22.7 Å². The number of rotatable bonds is 6. The molecule has 2 aromatic carbocycles. The Morgan fingerprint density at radius 3 is 2.19 bits per heavy atom. The average molecular weight is 378 g/mol. The maximum Gasteiger partial charge on any atom is 0.259 e. The van der Waals surface area contributed by atoms with E-state index < -0.39 is 15.9 Å². The van der Waals surface area contributed by atoms with Gasteiger partial charge in [0.05, 0.1) is 19.8 Å². The van der Waals surface area contributed by atoms with Gasteiger partial charge >= 0.3 is 0 Å². The molecule has 140 valence electrons. The van der Waals surface area contributed by atoms with E-state index in [1.807, 2.05) is 13.0 Å². The number of amides is 1. The summed E-state index contributed by atoms with van der Waals surface area (Å²) < 4.78 is 36.4. The lowest BCUT2D eigenvalue weighted by Gasteiger charge is -2.16. The molecule has 0 bridgehead atoms. The molecule has 8 heteroatoms. The van der Waals surface area contributed by atoms with Gasteiger partial charge < -0.3 is 14.8 Å². The van der Waals surface area contributed by atoms with Crippen molar-refractivity contribution in [3.8, 4) is 11.5 Å². The molecule has 26 heavy (non-hydrogen) atoms. The summed E-state index contributed by atoms with van der Waals surface area (Å²) >= 11 is 0. The molecule has 0 aliphatic rings. The molecule has 0 unspecified atom stereocenters. The molecule has 0 spiro atoms. The Morgan fingerprint density at radius 2 is 1.62 bits per heavy atom. The van der Waals surface area contributed by atoms with E-state index in [9.17, 15) is 13.2 Å². The van der Waals surface area contributed by atoms with E-state index in [4.69, 9.17) is 9.47 Å². The molecule has 0 radical (unpaired) electrons. The average Bonchev–Trinajstić information content (AvgIpc) is 2.61. The van der Waals surface area contributed by atoms with Gasteiger partial charge in [-0.3, -0.25) is 4.79 Å². The van der Waals surface area contributed by atoms with Crippen LogP contribution in [0.2, 0.25) is 0 Å². The van der Waals surface area contributed by atoms with Gasteiger partial charge in [0.25, 0.3) is 5.91 Å². The third-order valence-electron chi connectivity index (χ3n) is 3.78. The number of carbonyl (C=O) groups is 1. The molecule has 7 nitrogen and oxygen atoms in total. The molecule has 0 aliphatic carbocycles. The SMILES string of the molecule is COc1ccc(C)cc1C(=O)Nc1ccc(OC)c(S(=O)(=O)N(C)C)c1. The number of aryl methyl sites for hydroxylation is 1. The normalized spacial score (nSPS) is 11.3. The molecule has 0 saturated carbocycles. The van der Waals surface area contributed by atoms with Crippen molar-refractivity contribution in [2.45, 2.75) is 11.8 Å². The van der Waals surface area contributed by atoms with Crippen molar-refractivity contribution in [2.24, 2.45) is 0 Å². The van der Waals surface area contributed by atoms with Crippen molar-refractivity contribution in [1.29, 1.82) is 0 Å². The summed E-state index contributed by atoms with van der Waals surface area (Å²) in [5.41, 5.74) is 1.60. The van der Waals surface area contributed by atoms with E-state index in [2.05, 4.69) is 5.32 Å². The van der Waals surface area contributed by atoms with E-state index in [1.54, 1.807) is 18.2 Å². The third-order valence-corrected chi connectivity index (χ3v) is 5.62. The van der Waals surface area contributed by atoms with Crippen LogP contribution in [0.15, 0.2) is 41.3 Å². The second kappa shape index (κ2) is 7.76. The number of methoxy groups -OCH3 is 2. The second-order valence-corrected chi connectivity index (χ2v) is 7.93. The van der Waals surface area contributed by atoms with Crippen LogP contribution in [0.25, 0.3) is 0 Å². The lowest BCUT2D eigenvalue weighted by molar-refractivity contribution is 0.102. The van der Waals surface area contributed by atoms with Gasteiger partial charge in [-0.15, -0.1) is 0 Å². The van der Waals surface area contributed by atoms with Gasteiger partial charge in [-0.05, 0) is 37.3 Å². The van der Waals surface area contributed by atoms with Gasteiger partial charge in [0, 0.05) is 19.8 Å². The van der Waals surface area contributed by atoms with Crippen LogP contribution in [0.4, 0.5) is 5.69 Å². The number of hydrogen-bond donors (Lipinski definition) is 1. The highest BCUT2D eigenvalue weighted by atomic mass is 32.2. The minimum Gasteiger partial charge on any atom is -0.496 e. The highest BCUT2D eigenvalue weighted by molar-refractivity contribution is 7.89. The lowest BCUT2D eigenvalue weighted by Crippen LogP contribution is -2.23. The molecule has 1 N–H and O–H groups in total. The fraction of sp³-hybridized carbons (Fsp3) is 0.278. The quantitative estimate of drug-likeness (QED) is 0.835. The molecule has 2 aromatic rings. The van der Waals surface area contributed by atoms with Crippen LogP contribution < -0.4 is 14.8 Å². The minimum absolute atomic E-state index is 0.0287. The number of ether oxygens (including phenoxy) is 2. The Balaban J connectivity index is 2.42. The number of benzene rings is 2. The fourth-order valence-electron chi connectivity index (χ4n) is 2.35. The molecule has 2 rings (SSSR count). The number of anilines is 1. The van der Waals surface area contributed by atoms with E-state index in [-0.39, 0.29) is 10.6 Å². The van der Waals surface area contributed by atoms with Crippen LogP contribution >= 0.6 is 0 Å². The Bertz CT molecular complexity index is 923. The second-order valence-electron chi connectivity index (χ2n) is 5.81. The van der Waals surface area contributed by atoms with Crippen LogP contribution in [-0.4, -0.2) is 46.9 Å². The van der Waals surface area contributed by atoms with Crippen LogP contribution in [-0.2, 0) is 10.0 Å². The highest BCUT2D eigenvalue weighted by Gasteiger charge is 2.23. The van der Waals surface area contributed by atoms with Crippen molar-refractivity contribution in [2.75, 3.05) is 33.6 Å². The zero-order valence-electron chi connectivity index (χ0n) is 15.4. The van der Waals surface area contributed by atoms with Gasteiger partial charge in [0.15, 0.2) is 0 Å². The molecule has 0 fully saturated rings. The molecule has 0 aliphatic heterocycles. The summed E-state index contributed by atoms with van der Waals surface area (Å²) in [6.45, 7) is 1.87. The zero-order chi connectivity index (χ0) is 19.5. The number of sulfonamides is 1. The van der Waals surface area contributed by atoms with Crippen LogP contribution in [0.1, 0.15) is 15.9 Å². The molecule has 0 atom stereocenters. The predicted octanol–water partition coefficient (Wildman–Crippen LogP) is 2.51. The first-order chi connectivity index (χ1) is 12.2. The van der Waals surface area contributed by atoms with Gasteiger partial charge in [0.1, 0.15) is 16.4 Å². The number of hydrogen-bond acceptors (Lipinski definition) is 5. The van der Waals surface area contributed by atoms with Crippen LogP contribution in [0.3, 0.4) is 0 Å². The molecule has 0 saturated heterocycles. The lowest BCUT2D eigenvalue weighted by atomic mass is 10.1. The molecular weight excluding hydrogens is 356 g/mol. The summed E-state index contributed by atoms with van der Waals surface area (Å²) in [6, 6.07) is 9.70. The van der Waals surface area contributed by atoms with Gasteiger partial charge in [-0.2, -0.15) is 0 Å². The third kappa shape index (κ3) is 3.97. The number of nitrogens with zero attached hydrogens (tertiary/aromatic N) is 1. The van der Waals surface area contributed by atoms with E-state index in [0.717, 1.165) is 9.87 Å². The van der Waals surface area contributed by atoms with Gasteiger partial charge in [-0.1, -0.05) is 11.6 Å². The first kappa shape index (κ1) is 19.7. The molecule has 0 heterocycles. The Kier molecular flexibility index (Phi) is 5.89. The van der Waals surface area contributed by atoms with E-state index in [0.29, 0.717) is 17.0 Å². The van der Waals surface area contributed by atoms with Crippen LogP contribution in [0, 0.1) is 6.92 Å². The summed E-state index contributed by atoms with van der Waals surface area (Å²) in [4.78, 5) is 12.6. The fourth-order valence-corrected chi connectivity index (χ4v) is 3.43. The predicted molar refractivity (Wildman–Crippen MR) is 99.6 cm³/mol. The number of nitrogens with one attached hydrogen (secondary N) is 1. The summed E-state index contributed by atoms with van der Waals surface area (Å²) in [5.74, 6) is 0.233. The maximum absolute atomic E-state index is 12.6. The standard InChI is InChI=1S/C18H22N2O5S/c1-12-6-8-15(24-4)14(10-12)18(21)19-13-7-9-16(25-5)17(11-13)26(22,23)20(2)3/h6-11H,1-5H3,(H,19,21). The largest absolute Gasteiger partial charge is 0.496 e. The molecular formula is C18H22N2O5S. The molecule has 1 amide bonds. The topological polar surface area (TPSA) is 84.9 Å². The van der Waals surface area contributed by atoms with Gasteiger partial charge in [0.2, 0.25) is 10.0 Å². The summed E-state index contributed by atoms with van der Waals surface area (Å²) in [5, 5.41) is 2.71. The Morgan fingerprint density at radius 1 is 1.00 bits per heavy atom. The first-order valence-electron chi connectivity index (χ1n) is 7.77. The zero-order valence-corrected chi connectivity index (χ0v) is 16.2. The first-order valence-corrected chi connectivity index (χ1v) is 9.21. The van der Waals surface area contributed by atoms with Crippen molar-refractivity contribution >= 4 is 21.6 Å². The highest BCUT2D eigenvalue weighted by Crippen LogP contribution is 2.29. The van der Waals surface area contributed by atoms with Crippen molar-refractivity contribution in [3.05, 3.63) is 47.5 Å². The Hall–Kier alpha value is -2.58. The van der Waals surface area contributed by atoms with Gasteiger partial charge in [-0.25, -0.2) is 12.7 Å².